The zero-order valence-electron chi connectivity index (χ0n) is 17.4. The van der Waals surface area contributed by atoms with Crippen molar-refractivity contribution in [3.8, 4) is 0 Å². The molecule has 1 saturated heterocycles. The first-order valence-corrected chi connectivity index (χ1v) is 10.3. The molecular weight excluding hydrogens is 390 g/mol. The number of anilines is 2. The molecule has 0 aliphatic carbocycles. The number of benzene rings is 1. The van der Waals surface area contributed by atoms with Crippen molar-refractivity contribution in [3.63, 3.8) is 0 Å². The van der Waals surface area contributed by atoms with Crippen LogP contribution < -0.4 is 16.0 Å². The van der Waals surface area contributed by atoms with E-state index in [0.29, 0.717) is 11.1 Å². The fraction of sp³-hybridized carbons (Fsp3) is 0.261. The van der Waals surface area contributed by atoms with E-state index in [-0.39, 0.29) is 17.9 Å². The van der Waals surface area contributed by atoms with Gasteiger partial charge in [-0.25, -0.2) is 15.0 Å². The van der Waals surface area contributed by atoms with Crippen LogP contribution in [0, 0.1) is 5.41 Å². The van der Waals surface area contributed by atoms with Crippen LogP contribution in [-0.2, 0) is 0 Å². The molecule has 1 aliphatic heterocycles. The normalized spacial score (nSPS) is 15.2. The summed E-state index contributed by atoms with van der Waals surface area (Å²) in [5.41, 5.74) is 8.87. The third kappa shape index (κ3) is 4.59. The first-order chi connectivity index (χ1) is 15.1. The number of nitrogens with zero attached hydrogens (tertiary/aromatic N) is 4. The summed E-state index contributed by atoms with van der Waals surface area (Å²) in [4.78, 5) is 28.1. The average molecular weight is 416 g/mol. The molecule has 0 unspecified atom stereocenters. The Bertz CT molecular complexity index is 1150. The molecule has 0 saturated carbocycles. The second kappa shape index (κ2) is 9.01. The molecular formula is C23H25N7O. The lowest BCUT2D eigenvalue weighted by atomic mass is 10.1. The molecule has 2 aromatic heterocycles. The van der Waals surface area contributed by atoms with E-state index < -0.39 is 0 Å². The van der Waals surface area contributed by atoms with Crippen molar-refractivity contribution in [2.24, 2.45) is 5.73 Å². The van der Waals surface area contributed by atoms with E-state index in [1.54, 1.807) is 24.5 Å². The molecule has 0 bridgehead atoms. The van der Waals surface area contributed by atoms with Crippen LogP contribution in [0.3, 0.4) is 0 Å². The van der Waals surface area contributed by atoms with Gasteiger partial charge in [0.25, 0.3) is 5.91 Å². The van der Waals surface area contributed by atoms with E-state index in [1.165, 1.54) is 6.21 Å². The van der Waals surface area contributed by atoms with Gasteiger partial charge < -0.3 is 16.0 Å². The van der Waals surface area contributed by atoms with Crippen LogP contribution in [0.1, 0.15) is 35.7 Å². The van der Waals surface area contributed by atoms with Gasteiger partial charge in [-0.2, -0.15) is 0 Å². The van der Waals surface area contributed by atoms with Gasteiger partial charge in [-0.15, -0.1) is 0 Å². The molecule has 8 nitrogen and oxygen atoms in total. The van der Waals surface area contributed by atoms with Crippen LogP contribution in [0.25, 0.3) is 16.5 Å². The number of allylic oxidation sites excluding steroid dienone is 2. The molecule has 4 N–H and O–H groups in total. The third-order valence-electron chi connectivity index (χ3n) is 5.48. The number of pyridine rings is 1. The van der Waals surface area contributed by atoms with E-state index in [0.717, 1.165) is 48.3 Å². The maximum absolute atomic E-state index is 12.8. The number of rotatable bonds is 5. The lowest BCUT2D eigenvalue weighted by Gasteiger charge is -2.31. The Morgan fingerprint density at radius 2 is 2.00 bits per heavy atom. The predicted octanol–water partition coefficient (Wildman–Crippen LogP) is 3.26. The maximum atomic E-state index is 12.8. The number of hydrogen-bond donors (Lipinski definition) is 3. The summed E-state index contributed by atoms with van der Waals surface area (Å²) >= 11 is 0. The summed E-state index contributed by atoms with van der Waals surface area (Å²) in [5, 5.41) is 11.2. The van der Waals surface area contributed by atoms with E-state index >= 15 is 0 Å². The standard InChI is InChI=1S/C23H25N7O/c1-2-15(13-24)16-3-4-18-14-27-23(28-20(18)11-16)29-22(31)17-5-8-26-21(12-17)30-9-6-19(25)7-10-30/h2-5,8,11-14,19,24H,6-7,9-10,25H2,1H3,(H,27,28,29,31)/b15-2+,24-13?. The first-order valence-electron chi connectivity index (χ1n) is 10.3. The molecule has 1 fully saturated rings. The number of fused-ring (bicyclic) bond motifs is 1. The van der Waals surface area contributed by atoms with E-state index in [9.17, 15) is 4.79 Å². The molecule has 1 amide bonds. The molecule has 1 aromatic carbocycles. The summed E-state index contributed by atoms with van der Waals surface area (Å²) in [6, 6.07) is 9.41. The molecule has 8 heteroatoms. The Labute approximate surface area is 180 Å². The van der Waals surface area contributed by atoms with Crippen LogP contribution in [0.2, 0.25) is 0 Å². The van der Waals surface area contributed by atoms with Gasteiger partial charge in [-0.3, -0.25) is 10.1 Å². The molecule has 0 radical (unpaired) electrons. The average Bonchev–Trinajstić information content (AvgIpc) is 2.80. The number of amides is 1. The Morgan fingerprint density at radius 1 is 1.19 bits per heavy atom. The van der Waals surface area contributed by atoms with Gasteiger partial charge in [0.05, 0.1) is 5.52 Å². The first kappa shape index (κ1) is 20.6. The monoisotopic (exact) mass is 415 g/mol. The van der Waals surface area contributed by atoms with Gasteiger partial charge in [0.2, 0.25) is 5.95 Å². The number of carbonyl (C=O) groups is 1. The van der Waals surface area contributed by atoms with Gasteiger partial charge in [-0.1, -0.05) is 18.2 Å². The van der Waals surface area contributed by atoms with Crippen molar-refractivity contribution >= 4 is 40.4 Å². The zero-order valence-corrected chi connectivity index (χ0v) is 17.4. The Morgan fingerprint density at radius 3 is 2.74 bits per heavy atom. The lowest BCUT2D eigenvalue weighted by molar-refractivity contribution is 0.102. The second-order valence-electron chi connectivity index (χ2n) is 7.54. The van der Waals surface area contributed by atoms with Gasteiger partial charge in [0, 0.05) is 48.7 Å². The number of aromatic nitrogens is 3. The molecule has 3 heterocycles. The minimum absolute atomic E-state index is 0.230. The van der Waals surface area contributed by atoms with E-state index in [2.05, 4.69) is 25.2 Å². The SMILES string of the molecule is C/C=C(\C=N)c1ccc2cnc(NC(=O)c3ccnc(N4CCC(N)CC4)c3)nc2c1. The van der Waals surface area contributed by atoms with Gasteiger partial charge in [-0.05, 0) is 49.1 Å². The van der Waals surface area contributed by atoms with Crippen molar-refractivity contribution < 1.29 is 4.79 Å². The summed E-state index contributed by atoms with van der Waals surface area (Å²) in [7, 11) is 0. The van der Waals surface area contributed by atoms with Crippen molar-refractivity contribution in [2.75, 3.05) is 23.3 Å². The van der Waals surface area contributed by atoms with Crippen LogP contribution in [0.4, 0.5) is 11.8 Å². The summed E-state index contributed by atoms with van der Waals surface area (Å²) in [5.74, 6) is 0.712. The van der Waals surface area contributed by atoms with Gasteiger partial charge >= 0.3 is 0 Å². The summed E-state index contributed by atoms with van der Waals surface area (Å²) in [6.07, 6.45) is 8.33. The molecule has 1 aliphatic rings. The van der Waals surface area contributed by atoms with Gasteiger partial charge in [0.15, 0.2) is 0 Å². The topological polar surface area (TPSA) is 121 Å². The molecule has 4 rings (SSSR count). The Hall–Kier alpha value is -3.65. The van der Waals surface area contributed by atoms with E-state index in [1.807, 2.05) is 31.2 Å². The number of hydrogen-bond acceptors (Lipinski definition) is 7. The Balaban J connectivity index is 1.54. The minimum atomic E-state index is -0.290. The van der Waals surface area contributed by atoms with E-state index in [4.69, 9.17) is 11.1 Å². The zero-order chi connectivity index (χ0) is 21.8. The van der Waals surface area contributed by atoms with Crippen LogP contribution in [-0.4, -0.2) is 46.2 Å². The summed E-state index contributed by atoms with van der Waals surface area (Å²) < 4.78 is 0. The molecule has 31 heavy (non-hydrogen) atoms. The second-order valence-corrected chi connectivity index (χ2v) is 7.54. The highest BCUT2D eigenvalue weighted by atomic mass is 16.1. The minimum Gasteiger partial charge on any atom is -0.356 e. The molecule has 3 aromatic rings. The number of nitrogens with one attached hydrogen (secondary N) is 2. The number of carbonyl (C=O) groups excluding carboxylic acids is 1. The largest absolute Gasteiger partial charge is 0.356 e. The fourth-order valence-corrected chi connectivity index (χ4v) is 3.63. The highest BCUT2D eigenvalue weighted by molar-refractivity contribution is 6.09. The fourth-order valence-electron chi connectivity index (χ4n) is 3.63. The van der Waals surface area contributed by atoms with Crippen molar-refractivity contribution in [1.29, 1.82) is 5.41 Å². The smallest absolute Gasteiger partial charge is 0.258 e. The molecule has 0 atom stereocenters. The van der Waals surface area contributed by atoms with Crippen molar-refractivity contribution in [3.05, 3.63) is 59.9 Å². The highest BCUT2D eigenvalue weighted by Crippen LogP contribution is 2.21. The van der Waals surface area contributed by atoms with Crippen LogP contribution in [0.5, 0.6) is 0 Å². The quantitative estimate of drug-likeness (QED) is 0.550. The van der Waals surface area contributed by atoms with Crippen molar-refractivity contribution in [2.45, 2.75) is 25.8 Å². The van der Waals surface area contributed by atoms with Gasteiger partial charge in [0.1, 0.15) is 5.82 Å². The molecule has 158 valence electrons. The highest BCUT2D eigenvalue weighted by Gasteiger charge is 2.18. The number of piperidine rings is 1. The summed E-state index contributed by atoms with van der Waals surface area (Å²) in [6.45, 7) is 3.55. The Kier molecular flexibility index (Phi) is 5.99. The maximum Gasteiger partial charge on any atom is 0.258 e. The number of nitrogens with two attached hydrogens (primary N) is 1. The predicted molar refractivity (Wildman–Crippen MR) is 124 cm³/mol. The lowest BCUT2D eigenvalue weighted by Crippen LogP contribution is -2.40. The van der Waals surface area contributed by atoms with Crippen LogP contribution >= 0.6 is 0 Å². The van der Waals surface area contributed by atoms with Crippen LogP contribution in [0.15, 0.2) is 48.8 Å². The van der Waals surface area contributed by atoms with Crippen molar-refractivity contribution in [1.82, 2.24) is 15.0 Å². The third-order valence-corrected chi connectivity index (χ3v) is 5.48. The molecule has 0 spiro atoms.